The van der Waals surface area contributed by atoms with Crippen LogP contribution in [0.4, 0.5) is 52.9 Å². The fourth-order valence-corrected chi connectivity index (χ4v) is 11.7. The molecule has 0 unspecified atom stereocenters. The van der Waals surface area contributed by atoms with Crippen LogP contribution < -0.4 is 44.1 Å². The van der Waals surface area contributed by atoms with Gasteiger partial charge >= 0.3 is 0 Å². The molecule has 22 heteroatoms. The molecule has 12 aromatic rings. The van der Waals surface area contributed by atoms with E-state index in [4.69, 9.17) is 0 Å². The van der Waals surface area contributed by atoms with Crippen molar-refractivity contribution in [1.29, 1.82) is 0 Å². The van der Waals surface area contributed by atoms with E-state index in [0.717, 1.165) is 147 Å². The normalized spacial score (nSPS) is 10.5. The quantitative estimate of drug-likeness (QED) is 0.0471. The summed E-state index contributed by atoms with van der Waals surface area (Å²) < 4.78 is 0. The molecular formula is C93H124N22. The Kier molecular flexibility index (Phi) is 36.7. The lowest BCUT2D eigenvalue weighted by Gasteiger charge is -2.19. The van der Waals surface area contributed by atoms with Crippen LogP contribution in [0.25, 0.3) is 0 Å². The lowest BCUT2D eigenvalue weighted by atomic mass is 9.86. The SMILES string of the molecule is CCN(CC)c1ncc(Cc2ccc(N(C)C)cc2)cn1.CCN(CC)c1ncc(Cc2ccc(N(C)C)nc2)cn1.CCN(CC)c1ncc(Cc2cnc(N(C)C)nc2)cn1.CN(C)c1ccc(Cc2ccc(C(C)(C)C)cc2)cn1.CN(C)c1ccc(Cc2ccccc2)cn1.CN(C)c1ncc(Cc2ccccc2)cn1. The first kappa shape index (κ1) is 90.1. The van der Waals surface area contributed by atoms with E-state index in [-0.39, 0.29) is 5.41 Å². The molecule has 0 fully saturated rings. The van der Waals surface area contributed by atoms with Gasteiger partial charge in [0.1, 0.15) is 17.5 Å². The molecule has 0 aliphatic heterocycles. The fraction of sp³-hybridized carbons (Fsp3) is 0.366. The average molecular weight is 1550 g/mol. The summed E-state index contributed by atoms with van der Waals surface area (Å²) in [4.78, 5) is 75.5. The highest BCUT2D eigenvalue weighted by molar-refractivity contribution is 5.48. The number of anilines is 9. The molecule has 0 aliphatic carbocycles. The first-order chi connectivity index (χ1) is 55.3. The molecule has 0 atom stereocenters. The summed E-state index contributed by atoms with van der Waals surface area (Å²) in [7, 11) is 23.8. The topological polar surface area (TPSA) is 197 Å². The van der Waals surface area contributed by atoms with Crippen LogP contribution in [0.2, 0.25) is 0 Å². The second kappa shape index (κ2) is 46.8. The minimum Gasteiger partial charge on any atom is -0.378 e. The zero-order valence-corrected chi connectivity index (χ0v) is 72.2. The molecule has 0 saturated carbocycles. The Hall–Kier alpha value is -12.1. The average Bonchev–Trinajstić information content (AvgIpc) is 0.854. The van der Waals surface area contributed by atoms with Crippen LogP contribution in [0.5, 0.6) is 0 Å². The Labute approximate surface area is 686 Å². The first-order valence-corrected chi connectivity index (χ1v) is 39.7. The summed E-state index contributed by atoms with van der Waals surface area (Å²) in [5.74, 6) is 6.81. The molecule has 0 radical (unpaired) electrons. The highest BCUT2D eigenvalue weighted by Gasteiger charge is 2.15. The van der Waals surface area contributed by atoms with Gasteiger partial charge in [0, 0.05) is 236 Å². The van der Waals surface area contributed by atoms with Crippen LogP contribution in [0.15, 0.2) is 226 Å². The lowest BCUT2D eigenvalue weighted by molar-refractivity contribution is 0.590. The molecule has 0 saturated heterocycles. The summed E-state index contributed by atoms with van der Waals surface area (Å²) in [5.41, 5.74) is 17.2. The molecule has 8 heterocycles. The van der Waals surface area contributed by atoms with Gasteiger partial charge < -0.3 is 44.1 Å². The van der Waals surface area contributed by atoms with E-state index < -0.39 is 0 Å². The monoisotopic (exact) mass is 1550 g/mol. The summed E-state index contributed by atoms with van der Waals surface area (Å²) in [6.07, 6.45) is 29.9. The Morgan fingerprint density at radius 2 is 0.426 bits per heavy atom. The second-order valence-corrected chi connectivity index (χ2v) is 30.1. The molecule has 0 N–H and O–H groups in total. The van der Waals surface area contributed by atoms with Gasteiger partial charge in [-0.25, -0.2) is 64.8 Å². The lowest BCUT2D eigenvalue weighted by Crippen LogP contribution is -2.24. The van der Waals surface area contributed by atoms with E-state index in [0.29, 0.717) is 5.95 Å². The zero-order chi connectivity index (χ0) is 83.2. The number of aromatic nitrogens is 13. The molecule has 115 heavy (non-hydrogen) atoms. The van der Waals surface area contributed by atoms with Gasteiger partial charge in [-0.1, -0.05) is 136 Å². The van der Waals surface area contributed by atoms with Crippen molar-refractivity contribution in [3.8, 4) is 0 Å². The molecular weight excluding hydrogens is 1430 g/mol. The van der Waals surface area contributed by atoms with E-state index in [2.05, 4.69) is 276 Å². The van der Waals surface area contributed by atoms with Gasteiger partial charge in [-0.3, -0.25) is 0 Å². The van der Waals surface area contributed by atoms with Crippen LogP contribution in [-0.4, -0.2) is 189 Å². The van der Waals surface area contributed by atoms with E-state index in [9.17, 15) is 0 Å². The summed E-state index contributed by atoms with van der Waals surface area (Å²) in [6.45, 7) is 24.9. The predicted molar refractivity (Wildman–Crippen MR) is 481 cm³/mol. The minimum atomic E-state index is 0.216. The van der Waals surface area contributed by atoms with Gasteiger partial charge in [-0.2, -0.15) is 0 Å². The van der Waals surface area contributed by atoms with Gasteiger partial charge in [0.15, 0.2) is 0 Å². The van der Waals surface area contributed by atoms with Gasteiger partial charge in [0.2, 0.25) is 29.7 Å². The third kappa shape index (κ3) is 30.8. The Morgan fingerprint density at radius 1 is 0.209 bits per heavy atom. The molecule has 8 aromatic heterocycles. The van der Waals surface area contributed by atoms with Crippen LogP contribution in [0.1, 0.15) is 135 Å². The van der Waals surface area contributed by atoms with Gasteiger partial charge in [-0.15, -0.1) is 0 Å². The fourth-order valence-electron chi connectivity index (χ4n) is 11.7. The maximum atomic E-state index is 4.47. The van der Waals surface area contributed by atoms with Crippen LogP contribution >= 0.6 is 0 Å². The highest BCUT2D eigenvalue weighted by Crippen LogP contribution is 2.25. The molecule has 606 valence electrons. The second-order valence-electron chi connectivity index (χ2n) is 30.1. The van der Waals surface area contributed by atoms with Crippen molar-refractivity contribution >= 4 is 52.9 Å². The molecule has 22 nitrogen and oxygen atoms in total. The zero-order valence-electron chi connectivity index (χ0n) is 72.2. The molecule has 12 rings (SSSR count). The molecule has 0 bridgehead atoms. The van der Waals surface area contributed by atoms with E-state index in [1.54, 1.807) is 0 Å². The van der Waals surface area contributed by atoms with E-state index in [1.165, 1.54) is 50.2 Å². The number of pyridine rings is 3. The summed E-state index contributed by atoms with van der Waals surface area (Å²) in [6, 6.07) is 50.8. The van der Waals surface area contributed by atoms with E-state index in [1.807, 2.05) is 206 Å². The van der Waals surface area contributed by atoms with Gasteiger partial charge in [0.25, 0.3) is 0 Å². The molecule has 0 spiro atoms. The number of rotatable bonds is 27. The maximum absolute atomic E-state index is 4.47. The van der Waals surface area contributed by atoms with Crippen molar-refractivity contribution in [2.75, 3.05) is 168 Å². The Balaban J connectivity index is 0.000000192. The third-order valence-electron chi connectivity index (χ3n) is 18.6. The van der Waals surface area contributed by atoms with E-state index >= 15 is 0 Å². The van der Waals surface area contributed by atoms with Crippen LogP contribution in [-0.2, 0) is 43.9 Å². The first-order valence-electron chi connectivity index (χ1n) is 39.7. The largest absolute Gasteiger partial charge is 0.378 e. The predicted octanol–water partition coefficient (Wildman–Crippen LogP) is 16.0. The third-order valence-corrected chi connectivity index (χ3v) is 18.6. The number of benzene rings is 4. The van der Waals surface area contributed by atoms with Gasteiger partial charge in [0.05, 0.1) is 0 Å². The van der Waals surface area contributed by atoms with Crippen molar-refractivity contribution < 1.29 is 0 Å². The van der Waals surface area contributed by atoms with Crippen molar-refractivity contribution in [1.82, 2.24) is 64.8 Å². The van der Waals surface area contributed by atoms with Crippen molar-refractivity contribution in [2.45, 2.75) is 106 Å². The number of hydrogen-bond acceptors (Lipinski definition) is 22. The van der Waals surface area contributed by atoms with Crippen LogP contribution in [0.3, 0.4) is 0 Å². The van der Waals surface area contributed by atoms with Crippen molar-refractivity contribution in [3.63, 3.8) is 0 Å². The summed E-state index contributed by atoms with van der Waals surface area (Å²) >= 11 is 0. The number of nitrogens with zero attached hydrogens (tertiary/aromatic N) is 22. The maximum Gasteiger partial charge on any atom is 0.225 e. The molecule has 0 aliphatic rings. The van der Waals surface area contributed by atoms with Crippen molar-refractivity contribution in [3.05, 3.63) is 298 Å². The highest BCUT2D eigenvalue weighted by atomic mass is 15.3. The Bertz CT molecular complexity index is 4260. The van der Waals surface area contributed by atoms with Gasteiger partial charge in [-0.05, 0) is 162 Å². The molecule has 0 amide bonds. The number of hydrogen-bond donors (Lipinski definition) is 0. The van der Waals surface area contributed by atoms with Crippen molar-refractivity contribution in [2.24, 2.45) is 0 Å². The Morgan fingerprint density at radius 3 is 0.652 bits per heavy atom. The minimum absolute atomic E-state index is 0.216. The van der Waals surface area contributed by atoms with Crippen LogP contribution in [0, 0.1) is 0 Å². The standard InChI is InChI=1S/C18H24N2.C17H24N4.C16H23N5.C15H22N6.C14H16N2.C13H15N3/c1-18(2,3)16-9-6-14(7-10-16)12-15-8-11-17(19-13-15)20(4)5;1-5-21(6-2)17-18-12-15(13-19-17)11-14-7-9-16(10-8-14)20(3)4;1-5-21(6-2)16-18-11-14(12-19-16)9-13-7-8-15(17-10-13)20(3)4;1-5-21(6-2)15-18-10-13(11-19-15)7-12-8-16-14(17-9-12)20(3)4;1-16(2)14-9-8-13(11-15-14)10-12-6-4-3-5-7-12;1-16(2)13-14-9-12(10-15-13)8-11-6-4-3-5-7-11/h6-11,13H,12H2,1-5H3;7-10,12-13H,5-6,11H2,1-4H3;7-8,10-12H,5-6,9H2,1-4H3;8-11H,5-7H2,1-4H3;3-9,11H,10H2,1-2H3;3-7,9-10H,8H2,1-2H3. The molecule has 4 aromatic carbocycles. The summed E-state index contributed by atoms with van der Waals surface area (Å²) in [5, 5.41) is 0. The smallest absolute Gasteiger partial charge is 0.225 e.